The standard InChI is InChI=1S/C21H20F3N3O2S/c1-2-11-27-19(29)17(30-20(27)26-15-8-4-3-5-9-15)13-18(28)25-16-10-6-7-14(12-16)21(22,23)24/h3-10,12,17H,2,11,13H2,1H3,(H,25,28)/t17-/m1/s1. The number of para-hydroxylation sites is 1. The first-order chi connectivity index (χ1) is 14.3. The lowest BCUT2D eigenvalue weighted by atomic mass is 10.2. The van der Waals surface area contributed by atoms with E-state index in [9.17, 15) is 22.8 Å². The molecule has 1 N–H and O–H groups in total. The van der Waals surface area contributed by atoms with Crippen molar-refractivity contribution in [1.29, 1.82) is 0 Å². The van der Waals surface area contributed by atoms with Gasteiger partial charge in [-0.1, -0.05) is 43.0 Å². The normalized spacial score (nSPS) is 18.1. The van der Waals surface area contributed by atoms with Crippen LogP contribution in [-0.4, -0.2) is 33.7 Å². The molecular formula is C21H20F3N3O2S. The third-order valence-corrected chi connectivity index (χ3v) is 5.47. The number of anilines is 1. The van der Waals surface area contributed by atoms with E-state index >= 15 is 0 Å². The highest BCUT2D eigenvalue weighted by Gasteiger charge is 2.38. The molecule has 0 bridgehead atoms. The minimum absolute atomic E-state index is 0.0360. The summed E-state index contributed by atoms with van der Waals surface area (Å²) in [5.74, 6) is -0.756. The lowest BCUT2D eigenvalue weighted by Gasteiger charge is -2.15. The van der Waals surface area contributed by atoms with Crippen molar-refractivity contribution < 1.29 is 22.8 Å². The molecule has 1 fully saturated rings. The summed E-state index contributed by atoms with van der Waals surface area (Å²) in [7, 11) is 0. The largest absolute Gasteiger partial charge is 0.416 e. The quantitative estimate of drug-likeness (QED) is 0.689. The summed E-state index contributed by atoms with van der Waals surface area (Å²) in [6.45, 7) is 2.41. The van der Waals surface area contributed by atoms with Crippen molar-refractivity contribution in [2.24, 2.45) is 4.99 Å². The monoisotopic (exact) mass is 435 g/mol. The van der Waals surface area contributed by atoms with Gasteiger partial charge in [0.25, 0.3) is 0 Å². The summed E-state index contributed by atoms with van der Waals surface area (Å²) in [6, 6.07) is 13.6. The van der Waals surface area contributed by atoms with E-state index in [1.54, 1.807) is 4.90 Å². The average Bonchev–Trinajstić information content (AvgIpc) is 2.97. The molecule has 0 unspecified atom stereocenters. The van der Waals surface area contributed by atoms with Crippen LogP contribution in [0.5, 0.6) is 0 Å². The Bertz CT molecular complexity index is 948. The van der Waals surface area contributed by atoms with E-state index in [4.69, 9.17) is 0 Å². The highest BCUT2D eigenvalue weighted by molar-refractivity contribution is 8.15. The number of nitrogens with one attached hydrogen (secondary N) is 1. The van der Waals surface area contributed by atoms with Crippen molar-refractivity contribution in [3.63, 3.8) is 0 Å². The molecule has 0 aliphatic carbocycles. The molecule has 5 nitrogen and oxygen atoms in total. The number of nitrogens with zero attached hydrogens (tertiary/aromatic N) is 2. The molecule has 2 aromatic carbocycles. The Balaban J connectivity index is 1.71. The molecule has 3 rings (SSSR count). The smallest absolute Gasteiger partial charge is 0.326 e. The zero-order valence-electron chi connectivity index (χ0n) is 16.1. The molecule has 2 amide bonds. The van der Waals surface area contributed by atoms with Gasteiger partial charge in [-0.2, -0.15) is 13.2 Å². The van der Waals surface area contributed by atoms with E-state index in [0.717, 1.165) is 18.6 Å². The number of benzene rings is 2. The van der Waals surface area contributed by atoms with Crippen LogP contribution in [0.25, 0.3) is 0 Å². The van der Waals surface area contributed by atoms with Gasteiger partial charge in [-0.15, -0.1) is 0 Å². The first-order valence-corrected chi connectivity index (χ1v) is 10.2. The third-order valence-electron chi connectivity index (χ3n) is 4.29. The Hall–Kier alpha value is -2.81. The van der Waals surface area contributed by atoms with Gasteiger partial charge in [-0.3, -0.25) is 14.5 Å². The molecule has 1 saturated heterocycles. The first-order valence-electron chi connectivity index (χ1n) is 9.37. The van der Waals surface area contributed by atoms with Gasteiger partial charge < -0.3 is 5.32 Å². The number of amides is 2. The van der Waals surface area contributed by atoms with Gasteiger partial charge in [0.15, 0.2) is 5.17 Å². The number of alkyl halides is 3. The number of aliphatic imine (C=N–C) groups is 1. The Labute approximate surface area is 176 Å². The van der Waals surface area contributed by atoms with Crippen molar-refractivity contribution in [3.05, 3.63) is 60.2 Å². The number of halogens is 3. The molecule has 9 heteroatoms. The average molecular weight is 435 g/mol. The van der Waals surface area contributed by atoms with Crippen molar-refractivity contribution in [1.82, 2.24) is 4.90 Å². The minimum Gasteiger partial charge on any atom is -0.326 e. The summed E-state index contributed by atoms with van der Waals surface area (Å²) in [5, 5.41) is 2.29. The van der Waals surface area contributed by atoms with Crippen molar-refractivity contribution in [2.75, 3.05) is 11.9 Å². The fourth-order valence-corrected chi connectivity index (χ4v) is 4.10. The van der Waals surface area contributed by atoms with E-state index in [2.05, 4.69) is 10.3 Å². The fraction of sp³-hybridized carbons (Fsp3) is 0.286. The molecule has 0 saturated carbocycles. The second-order valence-corrected chi connectivity index (χ2v) is 7.83. The van der Waals surface area contributed by atoms with Gasteiger partial charge in [-0.25, -0.2) is 4.99 Å². The Morgan fingerprint density at radius 2 is 1.90 bits per heavy atom. The maximum Gasteiger partial charge on any atom is 0.416 e. The van der Waals surface area contributed by atoms with Gasteiger partial charge in [0.1, 0.15) is 5.25 Å². The Morgan fingerprint density at radius 3 is 2.57 bits per heavy atom. The fourth-order valence-electron chi connectivity index (χ4n) is 2.92. The lowest BCUT2D eigenvalue weighted by Crippen LogP contribution is -2.34. The highest BCUT2D eigenvalue weighted by Crippen LogP contribution is 2.33. The first kappa shape index (κ1) is 21.9. The SMILES string of the molecule is CCCN1C(=O)[C@@H](CC(=O)Nc2cccc(C(F)(F)F)c2)SC1=Nc1ccccc1. The predicted molar refractivity (Wildman–Crippen MR) is 112 cm³/mol. The van der Waals surface area contributed by atoms with Crippen LogP contribution >= 0.6 is 11.8 Å². The molecule has 158 valence electrons. The van der Waals surface area contributed by atoms with Gasteiger partial charge >= 0.3 is 6.18 Å². The van der Waals surface area contributed by atoms with Crippen LogP contribution < -0.4 is 5.32 Å². The summed E-state index contributed by atoms with van der Waals surface area (Å²) in [6.07, 6.45) is -3.93. The number of amidine groups is 1. The van der Waals surface area contributed by atoms with E-state index < -0.39 is 22.9 Å². The van der Waals surface area contributed by atoms with Gasteiger partial charge in [0.05, 0.1) is 11.3 Å². The van der Waals surface area contributed by atoms with Crippen molar-refractivity contribution in [2.45, 2.75) is 31.2 Å². The van der Waals surface area contributed by atoms with Crippen LogP contribution in [0, 0.1) is 0 Å². The topological polar surface area (TPSA) is 61.8 Å². The maximum atomic E-state index is 12.8. The molecule has 30 heavy (non-hydrogen) atoms. The Kier molecular flexibility index (Phi) is 6.81. The second kappa shape index (κ2) is 9.34. The zero-order valence-corrected chi connectivity index (χ0v) is 17.0. The number of carbonyl (C=O) groups is 2. The van der Waals surface area contributed by atoms with E-state index in [1.165, 1.54) is 23.9 Å². The minimum atomic E-state index is -4.50. The number of carbonyl (C=O) groups excluding carboxylic acids is 2. The van der Waals surface area contributed by atoms with Crippen molar-refractivity contribution >= 4 is 40.1 Å². The van der Waals surface area contributed by atoms with Crippen LogP contribution in [0.1, 0.15) is 25.3 Å². The van der Waals surface area contributed by atoms with Gasteiger partial charge in [-0.05, 0) is 36.8 Å². The van der Waals surface area contributed by atoms with Crippen LogP contribution in [0.3, 0.4) is 0 Å². The molecule has 0 aromatic heterocycles. The lowest BCUT2D eigenvalue weighted by molar-refractivity contribution is -0.137. The number of hydrogen-bond donors (Lipinski definition) is 1. The molecule has 1 heterocycles. The summed E-state index contributed by atoms with van der Waals surface area (Å²) < 4.78 is 38.5. The summed E-state index contributed by atoms with van der Waals surface area (Å²) in [4.78, 5) is 31.2. The van der Waals surface area contributed by atoms with E-state index in [1.807, 2.05) is 37.3 Å². The molecule has 0 spiro atoms. The van der Waals surface area contributed by atoms with Crippen LogP contribution in [-0.2, 0) is 15.8 Å². The van der Waals surface area contributed by atoms with Crippen LogP contribution in [0.4, 0.5) is 24.5 Å². The molecule has 2 aromatic rings. The zero-order chi connectivity index (χ0) is 21.7. The van der Waals surface area contributed by atoms with Crippen molar-refractivity contribution in [3.8, 4) is 0 Å². The van der Waals surface area contributed by atoms with E-state index in [-0.39, 0.29) is 18.0 Å². The molecule has 1 atom stereocenters. The number of hydrogen-bond acceptors (Lipinski definition) is 4. The van der Waals surface area contributed by atoms with Crippen LogP contribution in [0.2, 0.25) is 0 Å². The molecule has 1 aliphatic rings. The molecule has 1 aliphatic heterocycles. The van der Waals surface area contributed by atoms with E-state index in [0.29, 0.717) is 17.4 Å². The predicted octanol–water partition coefficient (Wildman–Crippen LogP) is 5.08. The Morgan fingerprint density at radius 1 is 1.17 bits per heavy atom. The molecule has 0 radical (unpaired) electrons. The van der Waals surface area contributed by atoms with Crippen LogP contribution in [0.15, 0.2) is 59.6 Å². The third kappa shape index (κ3) is 5.41. The summed E-state index contributed by atoms with van der Waals surface area (Å²) >= 11 is 1.19. The molecular weight excluding hydrogens is 415 g/mol. The second-order valence-electron chi connectivity index (χ2n) is 6.66. The maximum absolute atomic E-state index is 12.8. The van der Waals surface area contributed by atoms with Gasteiger partial charge in [0.2, 0.25) is 11.8 Å². The summed E-state index contributed by atoms with van der Waals surface area (Å²) in [5.41, 5.74) is -0.116. The highest BCUT2D eigenvalue weighted by atomic mass is 32.2. The number of rotatable bonds is 6. The number of thioether (sulfide) groups is 1. The van der Waals surface area contributed by atoms with Gasteiger partial charge in [0, 0.05) is 18.7 Å².